The maximum Gasteiger partial charge on any atom is 0.433 e. The van der Waals surface area contributed by atoms with Crippen LogP contribution in [-0.4, -0.2) is 41.0 Å². The van der Waals surface area contributed by atoms with Gasteiger partial charge in [-0.1, -0.05) is 12.1 Å². The highest BCUT2D eigenvalue weighted by atomic mass is 19.4. The summed E-state index contributed by atoms with van der Waals surface area (Å²) in [5.41, 5.74) is 6.34. The van der Waals surface area contributed by atoms with Crippen molar-refractivity contribution < 1.29 is 31.5 Å². The molecular weight excluding hydrogens is 504 g/mol. The number of nitrogens with zero attached hydrogens (tertiary/aromatic N) is 3. The molecule has 1 unspecified atom stereocenters. The van der Waals surface area contributed by atoms with Gasteiger partial charge >= 0.3 is 6.18 Å². The van der Waals surface area contributed by atoms with E-state index in [9.17, 15) is 22.4 Å². The number of fused-ring (bicyclic) bond motifs is 1. The number of amides is 1. The van der Waals surface area contributed by atoms with Gasteiger partial charge < -0.3 is 19.8 Å². The first-order valence-electron chi connectivity index (χ1n) is 11.9. The molecule has 38 heavy (non-hydrogen) atoms. The number of oxazole rings is 1. The summed E-state index contributed by atoms with van der Waals surface area (Å²) in [7, 11) is 1.34. The lowest BCUT2D eigenvalue weighted by molar-refractivity contribution is -0.140. The Hall–Kier alpha value is -3.99. The Morgan fingerprint density at radius 2 is 1.87 bits per heavy atom. The molecule has 0 saturated carbocycles. The number of carbonyl (C=O) groups excluding carboxylic acids is 1. The Morgan fingerprint density at radius 3 is 2.53 bits per heavy atom. The average Bonchev–Trinajstić information content (AvgIpc) is 3.56. The SMILES string of the molecule is COc1ccc(-c2nc(C(=O)N3CCC(c4ccc(F)cc4)C3)c([C@H](C)N)o2)c2ccc(C(F)(F)F)nc12. The number of rotatable bonds is 5. The Kier molecular flexibility index (Phi) is 6.56. The molecule has 2 atom stereocenters. The standard InChI is InChI=1S/C27H24F4N4O3/c1-14(32)24-23(26(36)35-12-11-16(13-35)15-3-5-17(28)6-4-15)34-25(38-24)19-7-9-20(37-2)22-18(19)8-10-21(33-22)27(29,30)31/h3-10,14,16H,11-13,32H2,1-2H3/t14-,16?/m0/s1. The third kappa shape index (κ3) is 4.69. The Bertz CT molecular complexity index is 1500. The molecule has 1 fully saturated rings. The zero-order valence-corrected chi connectivity index (χ0v) is 20.6. The van der Waals surface area contributed by atoms with Crippen LogP contribution in [0.3, 0.4) is 0 Å². The number of likely N-dealkylation sites (tertiary alicyclic amines) is 1. The molecule has 0 spiro atoms. The van der Waals surface area contributed by atoms with Crippen LogP contribution in [0.25, 0.3) is 22.4 Å². The molecule has 2 N–H and O–H groups in total. The third-order valence-electron chi connectivity index (χ3n) is 6.65. The minimum atomic E-state index is -4.64. The second kappa shape index (κ2) is 9.71. The van der Waals surface area contributed by atoms with Crippen molar-refractivity contribution in [3.05, 3.63) is 77.1 Å². The number of hydrogen-bond donors (Lipinski definition) is 1. The monoisotopic (exact) mass is 528 g/mol. The summed E-state index contributed by atoms with van der Waals surface area (Å²) in [5, 5.41) is 0.311. The maximum atomic E-state index is 13.5. The molecule has 1 amide bonds. The lowest BCUT2D eigenvalue weighted by atomic mass is 9.99. The highest BCUT2D eigenvalue weighted by molar-refractivity contribution is 5.98. The fourth-order valence-corrected chi connectivity index (χ4v) is 4.71. The van der Waals surface area contributed by atoms with Gasteiger partial charge in [-0.15, -0.1) is 0 Å². The largest absolute Gasteiger partial charge is 0.494 e. The zero-order valence-electron chi connectivity index (χ0n) is 20.6. The van der Waals surface area contributed by atoms with Crippen LogP contribution in [0.5, 0.6) is 5.75 Å². The number of methoxy groups -OCH3 is 1. The van der Waals surface area contributed by atoms with Crippen molar-refractivity contribution in [2.75, 3.05) is 20.2 Å². The number of alkyl halides is 3. The van der Waals surface area contributed by atoms with E-state index >= 15 is 0 Å². The highest BCUT2D eigenvalue weighted by Gasteiger charge is 2.35. The molecule has 11 heteroatoms. The normalized spacial score (nSPS) is 16.7. The quantitative estimate of drug-likeness (QED) is 0.334. The van der Waals surface area contributed by atoms with Gasteiger partial charge in [0.05, 0.1) is 13.2 Å². The third-order valence-corrected chi connectivity index (χ3v) is 6.65. The molecule has 3 heterocycles. The van der Waals surface area contributed by atoms with Crippen molar-refractivity contribution in [2.45, 2.75) is 31.5 Å². The van der Waals surface area contributed by atoms with Crippen molar-refractivity contribution in [1.82, 2.24) is 14.9 Å². The summed E-state index contributed by atoms with van der Waals surface area (Å²) in [4.78, 5) is 23.4. The van der Waals surface area contributed by atoms with Gasteiger partial charge in [-0.2, -0.15) is 13.2 Å². The molecule has 4 aromatic rings. The van der Waals surface area contributed by atoms with Crippen LogP contribution in [-0.2, 0) is 6.18 Å². The summed E-state index contributed by atoms with van der Waals surface area (Å²) < 4.78 is 64.4. The molecule has 1 aliphatic rings. The zero-order chi connectivity index (χ0) is 27.2. The first-order chi connectivity index (χ1) is 18.1. The van der Waals surface area contributed by atoms with Gasteiger partial charge in [-0.05, 0) is 55.3 Å². The van der Waals surface area contributed by atoms with Gasteiger partial charge in [0, 0.05) is 30.0 Å². The molecule has 7 nitrogen and oxygen atoms in total. The summed E-state index contributed by atoms with van der Waals surface area (Å²) >= 11 is 0. The van der Waals surface area contributed by atoms with Crippen molar-refractivity contribution >= 4 is 16.8 Å². The van der Waals surface area contributed by atoms with Crippen molar-refractivity contribution in [3.63, 3.8) is 0 Å². The second-order valence-corrected chi connectivity index (χ2v) is 9.21. The van der Waals surface area contributed by atoms with Gasteiger partial charge in [0.25, 0.3) is 5.91 Å². The summed E-state index contributed by atoms with van der Waals surface area (Å²) in [6.07, 6.45) is -3.94. The molecule has 0 bridgehead atoms. The number of carbonyl (C=O) groups is 1. The molecule has 2 aromatic heterocycles. The summed E-state index contributed by atoms with van der Waals surface area (Å²) in [5.74, 6) is -0.305. The Morgan fingerprint density at radius 1 is 1.13 bits per heavy atom. The lowest BCUT2D eigenvalue weighted by Crippen LogP contribution is -2.30. The number of ether oxygens (including phenoxy) is 1. The van der Waals surface area contributed by atoms with Crippen molar-refractivity contribution in [2.24, 2.45) is 5.73 Å². The van der Waals surface area contributed by atoms with Gasteiger partial charge in [-0.3, -0.25) is 4.79 Å². The fourth-order valence-electron chi connectivity index (χ4n) is 4.71. The number of nitrogens with two attached hydrogens (primary N) is 1. The predicted molar refractivity (Wildman–Crippen MR) is 131 cm³/mol. The van der Waals surface area contributed by atoms with E-state index in [0.717, 1.165) is 11.6 Å². The molecular formula is C27H24F4N4O3. The van der Waals surface area contributed by atoms with E-state index in [1.54, 1.807) is 30.0 Å². The van der Waals surface area contributed by atoms with Crippen LogP contribution in [0.1, 0.15) is 52.8 Å². The molecule has 5 rings (SSSR count). The van der Waals surface area contributed by atoms with E-state index in [1.165, 1.54) is 31.4 Å². The highest BCUT2D eigenvalue weighted by Crippen LogP contribution is 2.38. The van der Waals surface area contributed by atoms with E-state index < -0.39 is 17.9 Å². The molecule has 0 aliphatic carbocycles. The molecule has 1 aliphatic heterocycles. The van der Waals surface area contributed by atoms with E-state index in [2.05, 4.69) is 9.97 Å². The predicted octanol–water partition coefficient (Wildman–Crippen LogP) is 5.71. The Labute approximate surface area is 215 Å². The minimum Gasteiger partial charge on any atom is -0.494 e. The van der Waals surface area contributed by atoms with Crippen molar-refractivity contribution in [1.29, 1.82) is 0 Å². The number of benzene rings is 2. The van der Waals surface area contributed by atoms with Gasteiger partial charge in [0.2, 0.25) is 5.89 Å². The maximum absolute atomic E-state index is 13.5. The first-order valence-corrected chi connectivity index (χ1v) is 11.9. The first kappa shape index (κ1) is 25.7. The lowest BCUT2D eigenvalue weighted by Gasteiger charge is -2.16. The van der Waals surface area contributed by atoms with Crippen LogP contribution in [0, 0.1) is 5.82 Å². The van der Waals surface area contributed by atoms with Crippen LogP contribution in [0.4, 0.5) is 17.6 Å². The summed E-state index contributed by atoms with van der Waals surface area (Å²) in [6.45, 7) is 2.54. The van der Waals surface area contributed by atoms with E-state index in [-0.39, 0.29) is 46.3 Å². The van der Waals surface area contributed by atoms with Crippen LogP contribution in [0.15, 0.2) is 52.9 Å². The van der Waals surface area contributed by atoms with Crippen molar-refractivity contribution in [3.8, 4) is 17.2 Å². The number of pyridine rings is 1. The molecule has 2 aromatic carbocycles. The van der Waals surface area contributed by atoms with Crippen LogP contribution >= 0.6 is 0 Å². The smallest absolute Gasteiger partial charge is 0.433 e. The summed E-state index contributed by atoms with van der Waals surface area (Å²) in [6, 6.07) is 10.7. The Balaban J connectivity index is 1.51. The number of halogens is 4. The average molecular weight is 529 g/mol. The minimum absolute atomic E-state index is 0.0186. The fraction of sp³-hybridized carbons (Fsp3) is 0.296. The number of hydrogen-bond acceptors (Lipinski definition) is 6. The van der Waals surface area contributed by atoms with Gasteiger partial charge in [0.1, 0.15) is 22.8 Å². The van der Waals surface area contributed by atoms with E-state index in [0.29, 0.717) is 30.5 Å². The van der Waals surface area contributed by atoms with E-state index in [1.807, 2.05) is 0 Å². The van der Waals surface area contributed by atoms with Crippen LogP contribution in [0.2, 0.25) is 0 Å². The molecule has 0 radical (unpaired) electrons. The van der Waals surface area contributed by atoms with Crippen LogP contribution < -0.4 is 10.5 Å². The number of aromatic nitrogens is 2. The molecule has 198 valence electrons. The van der Waals surface area contributed by atoms with Gasteiger partial charge in [0.15, 0.2) is 11.5 Å². The topological polar surface area (TPSA) is 94.5 Å². The second-order valence-electron chi connectivity index (χ2n) is 9.21. The van der Waals surface area contributed by atoms with E-state index in [4.69, 9.17) is 14.9 Å². The molecule has 1 saturated heterocycles. The van der Waals surface area contributed by atoms with Gasteiger partial charge in [-0.25, -0.2) is 14.4 Å².